The van der Waals surface area contributed by atoms with Crippen molar-refractivity contribution in [2.45, 2.75) is 73.3 Å². The first kappa shape index (κ1) is 23.9. The van der Waals surface area contributed by atoms with Crippen LogP contribution in [0.25, 0.3) is 0 Å². The molecule has 0 aliphatic heterocycles. The van der Waals surface area contributed by atoms with Crippen molar-refractivity contribution in [3.05, 3.63) is 36.4 Å². The standard InChI is InChI=1S/C21H33N5O3S/c1-7-8-10-26-17(22)15(18(27)24-21(26)29)25(11-9-12(2)3)20(28)16-14(6)23-19(30-16)13(4)5/h12-13H,7-11,22H2,1-6H3,(H,24,27,29). The van der Waals surface area contributed by atoms with Crippen molar-refractivity contribution in [3.8, 4) is 0 Å². The number of H-pyrrole nitrogens is 1. The lowest BCUT2D eigenvalue weighted by molar-refractivity contribution is 0.0988. The Labute approximate surface area is 181 Å². The van der Waals surface area contributed by atoms with E-state index in [4.69, 9.17) is 5.73 Å². The van der Waals surface area contributed by atoms with Gasteiger partial charge < -0.3 is 5.73 Å². The van der Waals surface area contributed by atoms with Gasteiger partial charge in [-0.2, -0.15) is 0 Å². The minimum absolute atomic E-state index is 0.0283. The quantitative estimate of drug-likeness (QED) is 0.626. The van der Waals surface area contributed by atoms with E-state index in [9.17, 15) is 14.4 Å². The highest BCUT2D eigenvalue weighted by molar-refractivity contribution is 7.14. The molecule has 0 radical (unpaired) electrons. The van der Waals surface area contributed by atoms with Crippen LogP contribution in [0.2, 0.25) is 0 Å². The molecular formula is C21H33N5O3S. The number of rotatable bonds is 9. The molecule has 2 heterocycles. The number of aromatic nitrogens is 3. The van der Waals surface area contributed by atoms with Crippen LogP contribution in [-0.4, -0.2) is 27.0 Å². The molecule has 0 saturated carbocycles. The molecule has 0 atom stereocenters. The molecular weight excluding hydrogens is 402 g/mol. The highest BCUT2D eigenvalue weighted by Gasteiger charge is 2.28. The predicted molar refractivity (Wildman–Crippen MR) is 123 cm³/mol. The summed E-state index contributed by atoms with van der Waals surface area (Å²) in [6.07, 6.45) is 2.29. The minimum atomic E-state index is -0.645. The first-order valence-electron chi connectivity index (χ1n) is 10.5. The molecule has 3 N–H and O–H groups in total. The number of amides is 1. The fourth-order valence-corrected chi connectivity index (χ4v) is 4.08. The van der Waals surface area contributed by atoms with E-state index in [1.165, 1.54) is 20.8 Å². The summed E-state index contributed by atoms with van der Waals surface area (Å²) in [6, 6.07) is 0. The monoisotopic (exact) mass is 435 g/mol. The molecule has 2 aromatic heterocycles. The zero-order chi connectivity index (χ0) is 22.6. The Morgan fingerprint density at radius 2 is 1.93 bits per heavy atom. The molecule has 0 bridgehead atoms. The SMILES string of the molecule is CCCCn1c(N)c(N(CCC(C)C)C(=O)c2sc(C(C)C)nc2C)c(=O)[nH]c1=O. The maximum atomic E-state index is 13.5. The van der Waals surface area contributed by atoms with Gasteiger partial charge >= 0.3 is 5.69 Å². The van der Waals surface area contributed by atoms with Crippen LogP contribution in [-0.2, 0) is 6.54 Å². The molecule has 0 unspecified atom stereocenters. The number of nitrogens with one attached hydrogen (secondary N) is 1. The summed E-state index contributed by atoms with van der Waals surface area (Å²) in [6.45, 7) is 12.7. The molecule has 0 spiro atoms. The first-order chi connectivity index (χ1) is 14.1. The van der Waals surface area contributed by atoms with E-state index < -0.39 is 11.2 Å². The molecule has 0 aliphatic carbocycles. The summed E-state index contributed by atoms with van der Waals surface area (Å²) in [4.78, 5) is 47.3. The number of hydrogen-bond acceptors (Lipinski definition) is 6. The van der Waals surface area contributed by atoms with Crippen LogP contribution in [0, 0.1) is 12.8 Å². The minimum Gasteiger partial charge on any atom is -0.383 e. The van der Waals surface area contributed by atoms with Gasteiger partial charge in [0.1, 0.15) is 10.7 Å². The zero-order valence-corrected chi connectivity index (χ0v) is 19.6. The van der Waals surface area contributed by atoms with Crippen LogP contribution in [0.3, 0.4) is 0 Å². The number of nitrogens with two attached hydrogens (primary N) is 1. The molecule has 9 heteroatoms. The third-order valence-electron chi connectivity index (χ3n) is 4.90. The van der Waals surface area contributed by atoms with E-state index in [0.29, 0.717) is 36.0 Å². The maximum Gasteiger partial charge on any atom is 0.330 e. The van der Waals surface area contributed by atoms with Gasteiger partial charge in [0, 0.05) is 19.0 Å². The number of carbonyl (C=O) groups is 1. The second-order valence-electron chi connectivity index (χ2n) is 8.26. The molecule has 0 fully saturated rings. The Morgan fingerprint density at radius 1 is 1.27 bits per heavy atom. The number of anilines is 2. The van der Waals surface area contributed by atoms with E-state index in [0.717, 1.165) is 17.8 Å². The highest BCUT2D eigenvalue weighted by atomic mass is 32.1. The van der Waals surface area contributed by atoms with E-state index in [-0.39, 0.29) is 23.3 Å². The Bertz CT molecular complexity index is 1000. The Morgan fingerprint density at radius 3 is 2.47 bits per heavy atom. The molecule has 8 nitrogen and oxygen atoms in total. The van der Waals surface area contributed by atoms with Crippen molar-refractivity contribution in [2.75, 3.05) is 17.2 Å². The summed E-state index contributed by atoms with van der Waals surface area (Å²) in [7, 11) is 0. The molecule has 2 aromatic rings. The molecule has 1 amide bonds. The van der Waals surface area contributed by atoms with Crippen LogP contribution in [0.15, 0.2) is 9.59 Å². The molecule has 0 aliphatic rings. The van der Waals surface area contributed by atoms with Gasteiger partial charge in [0.2, 0.25) is 0 Å². The van der Waals surface area contributed by atoms with Crippen LogP contribution in [0.4, 0.5) is 11.5 Å². The van der Waals surface area contributed by atoms with Crippen LogP contribution >= 0.6 is 11.3 Å². The van der Waals surface area contributed by atoms with Gasteiger partial charge in [0.15, 0.2) is 5.69 Å². The number of nitrogen functional groups attached to an aromatic ring is 1. The van der Waals surface area contributed by atoms with E-state index >= 15 is 0 Å². The van der Waals surface area contributed by atoms with Crippen LogP contribution in [0.5, 0.6) is 0 Å². The maximum absolute atomic E-state index is 13.5. The average molecular weight is 436 g/mol. The van der Waals surface area contributed by atoms with Gasteiger partial charge in [-0.15, -0.1) is 11.3 Å². The van der Waals surface area contributed by atoms with Gasteiger partial charge in [0.05, 0.1) is 10.7 Å². The normalized spacial score (nSPS) is 11.5. The number of carbonyl (C=O) groups excluding carboxylic acids is 1. The summed E-state index contributed by atoms with van der Waals surface area (Å²) in [5, 5.41) is 0.870. The third-order valence-corrected chi connectivity index (χ3v) is 6.34. The molecule has 0 aromatic carbocycles. The van der Waals surface area contributed by atoms with Gasteiger partial charge in [-0.25, -0.2) is 9.78 Å². The van der Waals surface area contributed by atoms with E-state index in [1.54, 1.807) is 6.92 Å². The van der Waals surface area contributed by atoms with Crippen LogP contribution < -0.4 is 21.9 Å². The van der Waals surface area contributed by atoms with Crippen molar-refractivity contribution >= 4 is 28.7 Å². The molecule has 0 saturated heterocycles. The number of hydrogen-bond donors (Lipinski definition) is 2. The van der Waals surface area contributed by atoms with Crippen LogP contribution in [0.1, 0.15) is 80.2 Å². The second-order valence-corrected chi connectivity index (χ2v) is 9.29. The number of aromatic amines is 1. The van der Waals surface area contributed by atoms with Crippen molar-refractivity contribution in [3.63, 3.8) is 0 Å². The fraction of sp³-hybridized carbons (Fsp3) is 0.619. The summed E-state index contributed by atoms with van der Waals surface area (Å²) in [5.74, 6) is 0.236. The Balaban J connectivity index is 2.61. The Hall–Kier alpha value is -2.42. The summed E-state index contributed by atoms with van der Waals surface area (Å²) < 4.78 is 1.34. The predicted octanol–water partition coefficient (Wildman–Crippen LogP) is 3.50. The summed E-state index contributed by atoms with van der Waals surface area (Å²) in [5.41, 5.74) is 5.75. The topological polar surface area (TPSA) is 114 Å². The van der Waals surface area contributed by atoms with Crippen molar-refractivity contribution in [1.29, 1.82) is 0 Å². The molecule has 30 heavy (non-hydrogen) atoms. The van der Waals surface area contributed by atoms with Gasteiger partial charge in [-0.05, 0) is 25.7 Å². The average Bonchev–Trinajstić information content (AvgIpc) is 3.05. The first-order valence-corrected chi connectivity index (χ1v) is 11.3. The fourth-order valence-electron chi connectivity index (χ4n) is 3.06. The van der Waals surface area contributed by atoms with Crippen molar-refractivity contribution in [2.24, 2.45) is 5.92 Å². The van der Waals surface area contributed by atoms with E-state index in [1.807, 2.05) is 34.6 Å². The lowest BCUT2D eigenvalue weighted by Gasteiger charge is -2.25. The number of nitrogens with zero attached hydrogens (tertiary/aromatic N) is 3. The lowest BCUT2D eigenvalue weighted by Crippen LogP contribution is -2.42. The second kappa shape index (κ2) is 10.1. The third kappa shape index (κ3) is 5.19. The number of aryl methyl sites for hydroxylation is 1. The highest BCUT2D eigenvalue weighted by Crippen LogP contribution is 2.28. The number of thiazole rings is 1. The molecule has 2 rings (SSSR count). The van der Waals surface area contributed by atoms with Gasteiger partial charge in [0.25, 0.3) is 11.5 Å². The van der Waals surface area contributed by atoms with Gasteiger partial charge in [-0.3, -0.25) is 24.0 Å². The van der Waals surface area contributed by atoms with E-state index in [2.05, 4.69) is 9.97 Å². The lowest BCUT2D eigenvalue weighted by atomic mass is 10.1. The Kier molecular flexibility index (Phi) is 8.00. The smallest absolute Gasteiger partial charge is 0.330 e. The van der Waals surface area contributed by atoms with Gasteiger partial charge in [-0.1, -0.05) is 41.0 Å². The largest absolute Gasteiger partial charge is 0.383 e. The molecule has 166 valence electrons. The van der Waals surface area contributed by atoms with Crippen molar-refractivity contribution in [1.82, 2.24) is 14.5 Å². The number of unbranched alkanes of at least 4 members (excludes halogenated alkanes) is 1. The summed E-state index contributed by atoms with van der Waals surface area (Å²) >= 11 is 1.34. The van der Waals surface area contributed by atoms with Crippen molar-refractivity contribution < 1.29 is 4.79 Å². The zero-order valence-electron chi connectivity index (χ0n) is 18.7.